The molecule has 0 aliphatic carbocycles. The van der Waals surface area contributed by atoms with Crippen LogP contribution in [0.25, 0.3) is 0 Å². The number of para-hydroxylation sites is 1. The molecule has 0 aromatic heterocycles. The molecule has 0 heterocycles. The zero-order valence-corrected chi connectivity index (χ0v) is 13.9. The second-order valence-electron chi connectivity index (χ2n) is 4.37. The van der Waals surface area contributed by atoms with Crippen molar-refractivity contribution in [1.29, 1.82) is 0 Å². The van der Waals surface area contributed by atoms with Gasteiger partial charge in [-0.3, -0.25) is 0 Å². The molecule has 8 heteroatoms. The summed E-state index contributed by atoms with van der Waals surface area (Å²) in [4.78, 5) is 0.891. The summed E-state index contributed by atoms with van der Waals surface area (Å²) in [6.07, 6.45) is -0.290. The number of nitrogens with two attached hydrogens (primary N) is 1. The Kier molecular flexibility index (Phi) is 8.05. The SMILES string of the molecule is COCC(CNS(=O)(=O)CCSc1ccccc1N)OC. The second kappa shape index (κ2) is 9.26. The summed E-state index contributed by atoms with van der Waals surface area (Å²) in [5.74, 6) is 0.459. The van der Waals surface area contributed by atoms with Crippen molar-refractivity contribution in [3.05, 3.63) is 24.3 Å². The number of hydrogen-bond acceptors (Lipinski definition) is 6. The van der Waals surface area contributed by atoms with E-state index in [2.05, 4.69) is 4.72 Å². The van der Waals surface area contributed by atoms with Gasteiger partial charge in [0.05, 0.1) is 18.5 Å². The predicted octanol–water partition coefficient (Wildman–Crippen LogP) is 0.942. The van der Waals surface area contributed by atoms with Crippen LogP contribution in [0, 0.1) is 0 Å². The van der Waals surface area contributed by atoms with Gasteiger partial charge in [0.2, 0.25) is 10.0 Å². The van der Waals surface area contributed by atoms with Crippen molar-refractivity contribution in [3.8, 4) is 0 Å². The third-order valence-electron chi connectivity index (χ3n) is 2.75. The lowest BCUT2D eigenvalue weighted by molar-refractivity contribution is 0.0320. The van der Waals surface area contributed by atoms with Crippen molar-refractivity contribution in [2.45, 2.75) is 11.0 Å². The fourth-order valence-electron chi connectivity index (χ4n) is 1.56. The molecule has 0 saturated heterocycles. The third-order valence-corrected chi connectivity index (χ3v) is 5.44. The number of anilines is 1. The van der Waals surface area contributed by atoms with Crippen molar-refractivity contribution in [1.82, 2.24) is 4.72 Å². The van der Waals surface area contributed by atoms with E-state index < -0.39 is 10.0 Å². The molecule has 0 fully saturated rings. The Bertz CT molecular complexity index is 523. The number of ether oxygens (including phenoxy) is 2. The number of methoxy groups -OCH3 is 2. The van der Waals surface area contributed by atoms with Crippen LogP contribution in [-0.4, -0.2) is 53.4 Å². The minimum absolute atomic E-state index is 0.0232. The van der Waals surface area contributed by atoms with Crippen LogP contribution in [0.2, 0.25) is 0 Å². The highest BCUT2D eigenvalue weighted by Gasteiger charge is 2.14. The second-order valence-corrected chi connectivity index (χ2v) is 7.43. The van der Waals surface area contributed by atoms with Gasteiger partial charge in [-0.2, -0.15) is 0 Å². The molecule has 0 radical (unpaired) electrons. The van der Waals surface area contributed by atoms with Crippen molar-refractivity contribution in [2.24, 2.45) is 0 Å². The van der Waals surface area contributed by atoms with Gasteiger partial charge in [0, 0.05) is 37.1 Å². The van der Waals surface area contributed by atoms with Crippen LogP contribution >= 0.6 is 11.8 Å². The quantitative estimate of drug-likeness (QED) is 0.489. The zero-order valence-electron chi connectivity index (χ0n) is 12.2. The number of sulfonamides is 1. The Morgan fingerprint density at radius 2 is 2.05 bits per heavy atom. The number of benzene rings is 1. The summed E-state index contributed by atoms with van der Waals surface area (Å²) in [6, 6.07) is 7.39. The topological polar surface area (TPSA) is 90.7 Å². The first-order valence-corrected chi connectivity index (χ1v) is 9.08. The maximum Gasteiger partial charge on any atom is 0.212 e. The molecule has 0 spiro atoms. The van der Waals surface area contributed by atoms with Crippen LogP contribution in [0.4, 0.5) is 5.69 Å². The largest absolute Gasteiger partial charge is 0.398 e. The van der Waals surface area contributed by atoms with Gasteiger partial charge >= 0.3 is 0 Å². The van der Waals surface area contributed by atoms with Crippen molar-refractivity contribution in [2.75, 3.05) is 44.6 Å². The average molecular weight is 334 g/mol. The van der Waals surface area contributed by atoms with E-state index in [0.29, 0.717) is 18.0 Å². The first kappa shape index (κ1) is 18.2. The summed E-state index contributed by atoms with van der Waals surface area (Å²) in [5, 5.41) is 0. The Hall–Kier alpha value is -0.800. The minimum atomic E-state index is -3.34. The Morgan fingerprint density at radius 3 is 2.67 bits per heavy atom. The first-order valence-electron chi connectivity index (χ1n) is 6.45. The predicted molar refractivity (Wildman–Crippen MR) is 86.0 cm³/mol. The van der Waals surface area contributed by atoms with Crippen LogP contribution in [0.15, 0.2) is 29.2 Å². The molecule has 1 aromatic carbocycles. The van der Waals surface area contributed by atoms with Gasteiger partial charge in [0.1, 0.15) is 0 Å². The van der Waals surface area contributed by atoms with Gasteiger partial charge in [0.25, 0.3) is 0 Å². The fraction of sp³-hybridized carbons (Fsp3) is 0.538. The van der Waals surface area contributed by atoms with E-state index in [1.807, 2.05) is 18.2 Å². The highest BCUT2D eigenvalue weighted by molar-refractivity contribution is 8.00. The summed E-state index contributed by atoms with van der Waals surface area (Å²) in [6.45, 7) is 0.541. The van der Waals surface area contributed by atoms with E-state index in [-0.39, 0.29) is 18.4 Å². The molecule has 120 valence electrons. The van der Waals surface area contributed by atoms with E-state index in [0.717, 1.165) is 4.90 Å². The van der Waals surface area contributed by atoms with E-state index in [4.69, 9.17) is 15.2 Å². The molecule has 21 heavy (non-hydrogen) atoms. The molecule has 0 aliphatic heterocycles. The lowest BCUT2D eigenvalue weighted by Crippen LogP contribution is -2.37. The zero-order chi connectivity index (χ0) is 15.7. The smallest absolute Gasteiger partial charge is 0.212 e. The maximum absolute atomic E-state index is 11.9. The molecule has 0 amide bonds. The number of rotatable bonds is 10. The van der Waals surface area contributed by atoms with Gasteiger partial charge in [-0.15, -0.1) is 11.8 Å². The van der Waals surface area contributed by atoms with Gasteiger partial charge in [-0.05, 0) is 12.1 Å². The molecular weight excluding hydrogens is 312 g/mol. The van der Waals surface area contributed by atoms with Gasteiger partial charge < -0.3 is 15.2 Å². The van der Waals surface area contributed by atoms with Crippen LogP contribution in [0.3, 0.4) is 0 Å². The molecular formula is C13H22N2O4S2. The average Bonchev–Trinajstić information content (AvgIpc) is 2.45. The third kappa shape index (κ3) is 7.14. The van der Waals surface area contributed by atoms with E-state index in [1.165, 1.54) is 18.9 Å². The highest BCUT2D eigenvalue weighted by Crippen LogP contribution is 2.24. The standard InChI is InChI=1S/C13H22N2O4S2/c1-18-10-11(19-2)9-15-21(16,17)8-7-20-13-6-4-3-5-12(13)14/h3-6,11,15H,7-10,14H2,1-2H3. The summed E-state index contributed by atoms with van der Waals surface area (Å²) in [7, 11) is -0.272. The maximum atomic E-state index is 11.9. The highest BCUT2D eigenvalue weighted by atomic mass is 32.2. The Morgan fingerprint density at radius 1 is 1.33 bits per heavy atom. The first-order chi connectivity index (χ1) is 9.98. The normalized spacial score (nSPS) is 13.2. The summed E-state index contributed by atoms with van der Waals surface area (Å²) < 4.78 is 36.3. The van der Waals surface area contributed by atoms with E-state index >= 15 is 0 Å². The number of hydrogen-bond donors (Lipinski definition) is 2. The van der Waals surface area contributed by atoms with E-state index in [1.54, 1.807) is 13.2 Å². The van der Waals surface area contributed by atoms with Gasteiger partial charge in [-0.25, -0.2) is 13.1 Å². The molecule has 1 atom stereocenters. The molecule has 1 unspecified atom stereocenters. The van der Waals surface area contributed by atoms with Crippen molar-refractivity contribution >= 4 is 27.5 Å². The van der Waals surface area contributed by atoms with Gasteiger partial charge in [0.15, 0.2) is 0 Å². The molecule has 1 aromatic rings. The lowest BCUT2D eigenvalue weighted by Gasteiger charge is -2.15. The molecule has 0 bridgehead atoms. The van der Waals surface area contributed by atoms with Crippen LogP contribution in [0.1, 0.15) is 0 Å². The van der Waals surface area contributed by atoms with Crippen LogP contribution in [0.5, 0.6) is 0 Å². The molecule has 3 N–H and O–H groups in total. The minimum Gasteiger partial charge on any atom is -0.398 e. The monoisotopic (exact) mass is 334 g/mol. The van der Waals surface area contributed by atoms with Crippen molar-refractivity contribution in [3.63, 3.8) is 0 Å². The summed E-state index contributed by atoms with van der Waals surface area (Å²) >= 11 is 1.42. The van der Waals surface area contributed by atoms with Crippen LogP contribution in [-0.2, 0) is 19.5 Å². The van der Waals surface area contributed by atoms with Crippen LogP contribution < -0.4 is 10.5 Å². The molecule has 1 rings (SSSR count). The Labute approximate surface area is 130 Å². The lowest BCUT2D eigenvalue weighted by atomic mass is 10.3. The number of nitrogen functional groups attached to an aromatic ring is 1. The number of nitrogens with one attached hydrogen (secondary N) is 1. The van der Waals surface area contributed by atoms with Crippen molar-refractivity contribution < 1.29 is 17.9 Å². The summed E-state index contributed by atoms with van der Waals surface area (Å²) in [5.41, 5.74) is 6.46. The number of thioether (sulfide) groups is 1. The molecule has 0 saturated carbocycles. The molecule has 6 nitrogen and oxygen atoms in total. The van der Waals surface area contributed by atoms with Gasteiger partial charge in [-0.1, -0.05) is 12.1 Å². The Balaban J connectivity index is 2.38. The molecule has 0 aliphatic rings. The van der Waals surface area contributed by atoms with E-state index in [9.17, 15) is 8.42 Å². The fourth-order valence-corrected chi connectivity index (χ4v) is 3.99.